The molecule has 0 bridgehead atoms. The van der Waals surface area contributed by atoms with Gasteiger partial charge in [0.1, 0.15) is 10.6 Å². The Hall–Kier alpha value is -1.88. The molecule has 0 saturated carbocycles. The number of anilines is 2. The van der Waals surface area contributed by atoms with E-state index < -0.39 is 5.97 Å². The van der Waals surface area contributed by atoms with Crippen LogP contribution in [0.4, 0.5) is 10.7 Å². The Morgan fingerprint density at radius 2 is 2.16 bits per heavy atom. The lowest BCUT2D eigenvalue weighted by Gasteiger charge is -2.07. The van der Waals surface area contributed by atoms with Gasteiger partial charge in [-0.3, -0.25) is 0 Å². The lowest BCUT2D eigenvalue weighted by Crippen LogP contribution is -2.01. The Morgan fingerprint density at radius 3 is 2.95 bits per heavy atom. The highest BCUT2D eigenvalue weighted by Crippen LogP contribution is 2.30. The van der Waals surface area contributed by atoms with E-state index >= 15 is 0 Å². The first-order valence-corrected chi connectivity index (χ1v) is 7.01. The molecule has 0 atom stereocenters. The zero-order valence-electron chi connectivity index (χ0n) is 10.6. The minimum atomic E-state index is -0.935. The molecule has 0 saturated heterocycles. The van der Waals surface area contributed by atoms with Crippen molar-refractivity contribution in [3.63, 3.8) is 0 Å². The van der Waals surface area contributed by atoms with E-state index in [2.05, 4.69) is 21.8 Å². The molecule has 3 rings (SSSR count). The van der Waals surface area contributed by atoms with Gasteiger partial charge in [-0.1, -0.05) is 6.07 Å². The average Bonchev–Trinajstić information content (AvgIpc) is 2.95. The number of nitrogens with zero attached hydrogens (tertiary/aromatic N) is 1. The van der Waals surface area contributed by atoms with E-state index in [1.165, 1.54) is 29.1 Å². The largest absolute Gasteiger partial charge is 0.478 e. The molecule has 19 heavy (non-hydrogen) atoms. The number of aromatic nitrogens is 1. The van der Waals surface area contributed by atoms with Gasteiger partial charge in [-0.05, 0) is 61.0 Å². The number of carboxylic acid groups (broad SMARTS) is 1. The summed E-state index contributed by atoms with van der Waals surface area (Å²) >= 11 is 1.19. The molecule has 2 aromatic rings. The summed E-state index contributed by atoms with van der Waals surface area (Å²) in [6.45, 7) is 1.72. The molecule has 5 heteroatoms. The molecule has 1 aromatic heterocycles. The fraction of sp³-hybridized carbons (Fsp3) is 0.286. The Morgan fingerprint density at radius 1 is 1.37 bits per heavy atom. The molecule has 1 aliphatic rings. The molecule has 0 amide bonds. The Labute approximate surface area is 115 Å². The minimum Gasteiger partial charge on any atom is -0.478 e. The highest BCUT2D eigenvalue weighted by atomic mass is 32.1. The van der Waals surface area contributed by atoms with Gasteiger partial charge in [0.2, 0.25) is 0 Å². The summed E-state index contributed by atoms with van der Waals surface area (Å²) in [6, 6.07) is 6.24. The van der Waals surface area contributed by atoms with Gasteiger partial charge >= 0.3 is 5.97 Å². The third kappa shape index (κ3) is 2.21. The van der Waals surface area contributed by atoms with Crippen LogP contribution in [0, 0.1) is 6.92 Å². The maximum absolute atomic E-state index is 11.2. The number of aryl methyl sites for hydroxylation is 3. The van der Waals surface area contributed by atoms with Crippen LogP contribution in [-0.2, 0) is 12.8 Å². The third-order valence-electron chi connectivity index (χ3n) is 3.43. The highest BCUT2D eigenvalue weighted by Gasteiger charge is 2.18. The Kier molecular flexibility index (Phi) is 2.98. The van der Waals surface area contributed by atoms with Crippen molar-refractivity contribution in [2.75, 3.05) is 5.32 Å². The summed E-state index contributed by atoms with van der Waals surface area (Å²) in [6.07, 6.45) is 3.47. The van der Waals surface area contributed by atoms with Crippen molar-refractivity contribution in [1.29, 1.82) is 0 Å². The predicted octanol–water partition coefficient (Wildman–Crippen LogP) is 3.38. The number of aromatic carboxylic acids is 1. The van der Waals surface area contributed by atoms with Crippen molar-refractivity contribution in [3.8, 4) is 0 Å². The molecule has 0 radical (unpaired) electrons. The lowest BCUT2D eigenvalue weighted by atomic mass is 10.1. The first kappa shape index (κ1) is 12.2. The van der Waals surface area contributed by atoms with Crippen molar-refractivity contribution < 1.29 is 9.90 Å². The van der Waals surface area contributed by atoms with Crippen molar-refractivity contribution in [2.45, 2.75) is 26.2 Å². The molecule has 0 spiro atoms. The van der Waals surface area contributed by atoms with Crippen LogP contribution < -0.4 is 5.32 Å². The summed E-state index contributed by atoms with van der Waals surface area (Å²) in [5, 5.41) is 13.0. The highest BCUT2D eigenvalue weighted by molar-refractivity contribution is 7.10. The number of carbonyl (C=O) groups is 1. The van der Waals surface area contributed by atoms with Crippen LogP contribution in [0.15, 0.2) is 18.2 Å². The topological polar surface area (TPSA) is 62.2 Å². The molecule has 1 aromatic carbocycles. The summed E-state index contributed by atoms with van der Waals surface area (Å²) < 4.78 is 4.10. The van der Waals surface area contributed by atoms with Crippen LogP contribution >= 0.6 is 11.5 Å². The standard InChI is InChI=1S/C14H14N2O2S/c1-8-12(14(17)18)13(19-16-8)15-11-6-5-9-3-2-4-10(9)7-11/h5-7,15H,2-4H2,1H3,(H,17,18). The second kappa shape index (κ2) is 4.66. The van der Waals surface area contributed by atoms with E-state index in [9.17, 15) is 9.90 Å². The first-order chi connectivity index (χ1) is 9.15. The maximum Gasteiger partial charge on any atom is 0.340 e. The molecular formula is C14H14N2O2S. The van der Waals surface area contributed by atoms with Crippen LogP contribution in [0.5, 0.6) is 0 Å². The van der Waals surface area contributed by atoms with E-state index in [1.807, 2.05) is 6.07 Å². The van der Waals surface area contributed by atoms with Crippen LogP contribution in [0.25, 0.3) is 0 Å². The normalized spacial score (nSPS) is 13.3. The van der Waals surface area contributed by atoms with Gasteiger partial charge in [0, 0.05) is 5.69 Å². The molecule has 0 fully saturated rings. The van der Waals surface area contributed by atoms with Gasteiger partial charge in [-0.2, -0.15) is 4.37 Å². The second-order valence-electron chi connectivity index (χ2n) is 4.74. The van der Waals surface area contributed by atoms with Crippen molar-refractivity contribution in [3.05, 3.63) is 40.6 Å². The molecule has 98 valence electrons. The van der Waals surface area contributed by atoms with E-state index in [4.69, 9.17) is 0 Å². The second-order valence-corrected chi connectivity index (χ2v) is 5.51. The fourth-order valence-corrected chi connectivity index (χ4v) is 3.30. The summed E-state index contributed by atoms with van der Waals surface area (Å²) in [5.74, 6) is -0.935. The van der Waals surface area contributed by atoms with E-state index in [0.29, 0.717) is 10.7 Å². The predicted molar refractivity (Wildman–Crippen MR) is 75.6 cm³/mol. The molecule has 0 unspecified atom stereocenters. The lowest BCUT2D eigenvalue weighted by molar-refractivity contribution is 0.0697. The molecule has 1 aliphatic carbocycles. The van der Waals surface area contributed by atoms with Crippen LogP contribution in [0.2, 0.25) is 0 Å². The maximum atomic E-state index is 11.2. The Balaban J connectivity index is 1.91. The summed E-state index contributed by atoms with van der Waals surface area (Å²) in [4.78, 5) is 11.2. The zero-order valence-corrected chi connectivity index (χ0v) is 11.4. The van der Waals surface area contributed by atoms with Gasteiger partial charge in [0.15, 0.2) is 0 Å². The molecule has 4 nitrogen and oxygen atoms in total. The van der Waals surface area contributed by atoms with Gasteiger partial charge in [0.25, 0.3) is 0 Å². The smallest absolute Gasteiger partial charge is 0.340 e. The number of nitrogens with one attached hydrogen (secondary N) is 1. The number of fused-ring (bicyclic) bond motifs is 1. The van der Waals surface area contributed by atoms with Crippen LogP contribution in [-0.4, -0.2) is 15.4 Å². The van der Waals surface area contributed by atoms with Crippen molar-refractivity contribution in [2.24, 2.45) is 0 Å². The van der Waals surface area contributed by atoms with Gasteiger partial charge < -0.3 is 10.4 Å². The number of benzene rings is 1. The molecule has 0 aliphatic heterocycles. The minimum absolute atomic E-state index is 0.269. The summed E-state index contributed by atoms with van der Waals surface area (Å²) in [7, 11) is 0. The third-order valence-corrected chi connectivity index (χ3v) is 4.29. The average molecular weight is 274 g/mol. The van der Waals surface area contributed by atoms with Crippen molar-refractivity contribution in [1.82, 2.24) is 4.37 Å². The van der Waals surface area contributed by atoms with Gasteiger partial charge in [-0.25, -0.2) is 4.79 Å². The zero-order chi connectivity index (χ0) is 13.4. The number of rotatable bonds is 3. The van der Waals surface area contributed by atoms with E-state index in [0.717, 1.165) is 18.5 Å². The van der Waals surface area contributed by atoms with E-state index in [1.54, 1.807) is 6.92 Å². The summed E-state index contributed by atoms with van der Waals surface area (Å²) in [5.41, 5.74) is 4.53. The fourth-order valence-electron chi connectivity index (χ4n) is 2.49. The first-order valence-electron chi connectivity index (χ1n) is 6.23. The SMILES string of the molecule is Cc1nsc(Nc2ccc3c(c2)CCC3)c1C(=O)O. The number of hydrogen-bond acceptors (Lipinski definition) is 4. The molecule has 2 N–H and O–H groups in total. The van der Waals surface area contributed by atoms with Crippen molar-refractivity contribution >= 4 is 28.2 Å². The number of carboxylic acids is 1. The Bertz CT molecular complexity index is 649. The quantitative estimate of drug-likeness (QED) is 0.900. The number of hydrogen-bond donors (Lipinski definition) is 2. The van der Waals surface area contributed by atoms with Gasteiger partial charge in [0.05, 0.1) is 5.69 Å². The van der Waals surface area contributed by atoms with Crippen LogP contribution in [0.3, 0.4) is 0 Å². The molecule has 1 heterocycles. The van der Waals surface area contributed by atoms with Gasteiger partial charge in [-0.15, -0.1) is 0 Å². The molecular weight excluding hydrogens is 260 g/mol. The van der Waals surface area contributed by atoms with E-state index in [-0.39, 0.29) is 5.56 Å². The van der Waals surface area contributed by atoms with Crippen LogP contribution in [0.1, 0.15) is 33.6 Å². The monoisotopic (exact) mass is 274 g/mol.